The summed E-state index contributed by atoms with van der Waals surface area (Å²) in [7, 11) is 0. The predicted octanol–water partition coefficient (Wildman–Crippen LogP) is 4.07. The summed E-state index contributed by atoms with van der Waals surface area (Å²) < 4.78 is 42.9. The highest BCUT2D eigenvalue weighted by Gasteiger charge is 2.32. The number of aliphatic hydroxyl groups excluding tert-OH is 1. The van der Waals surface area contributed by atoms with Gasteiger partial charge >= 0.3 is 12.1 Å². The van der Waals surface area contributed by atoms with Crippen molar-refractivity contribution in [2.75, 3.05) is 0 Å². The molecule has 7 heteroatoms. The number of rotatable bonds is 3. The van der Waals surface area contributed by atoms with E-state index in [2.05, 4.69) is 0 Å². The topological polar surface area (TPSA) is 46.5 Å². The van der Waals surface area contributed by atoms with Crippen LogP contribution in [0.15, 0.2) is 42.5 Å². The van der Waals surface area contributed by atoms with Crippen LogP contribution in [0.4, 0.5) is 13.2 Å². The van der Waals surface area contributed by atoms with E-state index in [0.29, 0.717) is 11.6 Å². The van der Waals surface area contributed by atoms with Gasteiger partial charge in [-0.25, -0.2) is 4.79 Å². The number of hydrogen-bond acceptors (Lipinski definition) is 3. The molecule has 0 saturated carbocycles. The molecule has 0 aromatic heterocycles. The Kier molecular flexibility index (Phi) is 4.73. The van der Waals surface area contributed by atoms with Crippen LogP contribution < -0.4 is 4.74 Å². The lowest BCUT2D eigenvalue weighted by molar-refractivity contribution is -0.137. The monoisotopic (exact) mass is 330 g/mol. The van der Waals surface area contributed by atoms with Crippen molar-refractivity contribution < 1.29 is 27.8 Å². The van der Waals surface area contributed by atoms with Gasteiger partial charge in [0.25, 0.3) is 0 Å². The van der Waals surface area contributed by atoms with Crippen LogP contribution in [0.5, 0.6) is 5.75 Å². The molecule has 0 unspecified atom stereocenters. The molecule has 2 aromatic rings. The number of carbonyl (C=O) groups is 1. The van der Waals surface area contributed by atoms with Crippen LogP contribution >= 0.6 is 11.6 Å². The van der Waals surface area contributed by atoms with Crippen molar-refractivity contribution in [3.05, 3.63) is 64.2 Å². The molecule has 0 aliphatic rings. The number of hydrogen-bond donors (Lipinski definition) is 1. The highest BCUT2D eigenvalue weighted by Crippen LogP contribution is 2.32. The molecule has 0 spiro atoms. The molecule has 0 aliphatic carbocycles. The molecule has 0 radical (unpaired) electrons. The van der Waals surface area contributed by atoms with Gasteiger partial charge < -0.3 is 9.84 Å². The zero-order valence-electron chi connectivity index (χ0n) is 11.0. The van der Waals surface area contributed by atoms with E-state index >= 15 is 0 Å². The lowest BCUT2D eigenvalue weighted by atomic mass is 10.1. The fourth-order valence-electron chi connectivity index (χ4n) is 1.68. The molecular formula is C15H10ClF3O3. The number of alkyl halides is 3. The first-order valence-corrected chi connectivity index (χ1v) is 6.48. The number of ether oxygens (including phenoxy) is 1. The molecule has 1 N–H and O–H groups in total. The van der Waals surface area contributed by atoms with E-state index in [-0.39, 0.29) is 22.9 Å². The van der Waals surface area contributed by atoms with Crippen LogP contribution in [0.3, 0.4) is 0 Å². The van der Waals surface area contributed by atoms with Gasteiger partial charge in [0, 0.05) is 0 Å². The quantitative estimate of drug-likeness (QED) is 0.681. The molecule has 0 heterocycles. The number of halogens is 4. The Hall–Kier alpha value is -2.05. The minimum Gasteiger partial charge on any atom is -0.423 e. The van der Waals surface area contributed by atoms with Crippen molar-refractivity contribution in [2.45, 2.75) is 12.8 Å². The molecule has 2 aromatic carbocycles. The highest BCUT2D eigenvalue weighted by molar-refractivity contribution is 6.33. The van der Waals surface area contributed by atoms with E-state index in [0.717, 1.165) is 12.1 Å². The number of carbonyl (C=O) groups excluding carboxylic acids is 1. The Morgan fingerprint density at radius 1 is 1.14 bits per heavy atom. The van der Waals surface area contributed by atoms with E-state index in [1.54, 1.807) is 0 Å². The molecule has 3 nitrogen and oxygen atoms in total. The number of esters is 1. The third-order valence-corrected chi connectivity index (χ3v) is 3.16. The molecule has 22 heavy (non-hydrogen) atoms. The van der Waals surface area contributed by atoms with Gasteiger partial charge in [0.05, 0.1) is 22.8 Å². The van der Waals surface area contributed by atoms with Crippen molar-refractivity contribution in [1.29, 1.82) is 0 Å². The summed E-state index contributed by atoms with van der Waals surface area (Å²) in [6, 6.07) is 8.32. The lowest BCUT2D eigenvalue weighted by Crippen LogP contribution is -2.12. The zero-order chi connectivity index (χ0) is 16.3. The Balaban J connectivity index is 2.25. The maximum Gasteiger partial charge on any atom is 0.416 e. The van der Waals surface area contributed by atoms with Crippen molar-refractivity contribution in [2.24, 2.45) is 0 Å². The molecule has 0 atom stereocenters. The number of benzene rings is 2. The smallest absolute Gasteiger partial charge is 0.416 e. The van der Waals surface area contributed by atoms with E-state index in [1.807, 2.05) is 0 Å². The Morgan fingerprint density at radius 3 is 2.32 bits per heavy atom. The predicted molar refractivity (Wildman–Crippen MR) is 73.8 cm³/mol. The Labute approximate surface area is 128 Å². The largest absolute Gasteiger partial charge is 0.423 e. The minimum absolute atomic E-state index is 0.134. The summed E-state index contributed by atoms with van der Waals surface area (Å²) in [4.78, 5) is 11.9. The zero-order valence-corrected chi connectivity index (χ0v) is 11.8. The van der Waals surface area contributed by atoms with Gasteiger partial charge in [-0.2, -0.15) is 13.2 Å². The van der Waals surface area contributed by atoms with Crippen molar-refractivity contribution >= 4 is 17.6 Å². The third kappa shape index (κ3) is 3.78. The second-order valence-corrected chi connectivity index (χ2v) is 4.79. The van der Waals surface area contributed by atoms with Gasteiger partial charge in [0.2, 0.25) is 0 Å². The van der Waals surface area contributed by atoms with Crippen LogP contribution in [0.1, 0.15) is 21.5 Å². The maximum absolute atomic E-state index is 12.7. The van der Waals surface area contributed by atoms with Gasteiger partial charge in [0.15, 0.2) is 0 Å². The van der Waals surface area contributed by atoms with Gasteiger partial charge in [-0.1, -0.05) is 23.7 Å². The summed E-state index contributed by atoms with van der Waals surface area (Å²) >= 11 is 5.75. The van der Waals surface area contributed by atoms with E-state index < -0.39 is 17.7 Å². The van der Waals surface area contributed by atoms with Gasteiger partial charge in [-0.15, -0.1) is 0 Å². The first-order valence-electron chi connectivity index (χ1n) is 6.10. The third-order valence-electron chi connectivity index (χ3n) is 2.83. The van der Waals surface area contributed by atoms with Gasteiger partial charge in [-0.05, 0) is 35.9 Å². The SMILES string of the molecule is O=C(Oc1ccc(CO)cc1)c1cc(C(F)(F)F)ccc1Cl. The first-order chi connectivity index (χ1) is 10.3. The fraction of sp³-hybridized carbons (Fsp3) is 0.133. The molecule has 2 rings (SSSR count). The van der Waals surface area contributed by atoms with Crippen LogP contribution in [-0.4, -0.2) is 11.1 Å². The average molecular weight is 331 g/mol. The summed E-state index contributed by atoms with van der Waals surface area (Å²) in [6.07, 6.45) is -4.58. The molecule has 0 aliphatic heterocycles. The normalized spacial score (nSPS) is 11.3. The second kappa shape index (κ2) is 6.37. The molecule has 0 fully saturated rings. The van der Waals surface area contributed by atoms with Crippen LogP contribution in [0, 0.1) is 0 Å². The standard InChI is InChI=1S/C15H10ClF3O3/c16-13-6-3-10(15(17,18)19)7-12(13)14(21)22-11-4-1-9(8-20)2-5-11/h1-7,20H,8H2. The average Bonchev–Trinajstić information content (AvgIpc) is 2.47. The molecule has 0 saturated heterocycles. The number of aliphatic hydroxyl groups is 1. The fourth-order valence-corrected chi connectivity index (χ4v) is 1.88. The summed E-state index contributed by atoms with van der Waals surface area (Å²) in [6.45, 7) is -0.173. The van der Waals surface area contributed by atoms with E-state index in [9.17, 15) is 18.0 Å². The maximum atomic E-state index is 12.7. The summed E-state index contributed by atoms with van der Waals surface area (Å²) in [5.41, 5.74) is -0.751. The molecular weight excluding hydrogens is 321 g/mol. The summed E-state index contributed by atoms with van der Waals surface area (Å²) in [5, 5.41) is 8.77. The van der Waals surface area contributed by atoms with Crippen LogP contribution in [0.2, 0.25) is 5.02 Å². The van der Waals surface area contributed by atoms with Crippen LogP contribution in [-0.2, 0) is 12.8 Å². The molecule has 0 bridgehead atoms. The molecule has 0 amide bonds. The van der Waals surface area contributed by atoms with E-state index in [4.69, 9.17) is 21.4 Å². The Bertz CT molecular complexity index is 681. The van der Waals surface area contributed by atoms with Crippen molar-refractivity contribution in [3.8, 4) is 5.75 Å². The summed E-state index contributed by atoms with van der Waals surface area (Å²) in [5.74, 6) is -0.858. The molecule has 116 valence electrons. The second-order valence-electron chi connectivity index (χ2n) is 4.38. The van der Waals surface area contributed by atoms with Crippen molar-refractivity contribution in [3.63, 3.8) is 0 Å². The van der Waals surface area contributed by atoms with Crippen LogP contribution in [0.25, 0.3) is 0 Å². The first kappa shape index (κ1) is 16.3. The Morgan fingerprint density at radius 2 is 1.77 bits per heavy atom. The van der Waals surface area contributed by atoms with E-state index in [1.165, 1.54) is 24.3 Å². The van der Waals surface area contributed by atoms with Gasteiger partial charge in [-0.3, -0.25) is 0 Å². The minimum atomic E-state index is -4.58. The highest BCUT2D eigenvalue weighted by atomic mass is 35.5. The van der Waals surface area contributed by atoms with Crippen molar-refractivity contribution in [1.82, 2.24) is 0 Å². The lowest BCUT2D eigenvalue weighted by Gasteiger charge is -2.10. The van der Waals surface area contributed by atoms with Gasteiger partial charge in [0.1, 0.15) is 5.75 Å².